The van der Waals surface area contributed by atoms with Crippen LogP contribution < -0.4 is 0 Å². The Balaban J connectivity index is 2.35. The Morgan fingerprint density at radius 1 is 1.50 bits per heavy atom. The van der Waals surface area contributed by atoms with Crippen LogP contribution >= 0.6 is 0 Å². The summed E-state index contributed by atoms with van der Waals surface area (Å²) in [4.78, 5) is 12.8. The maximum absolute atomic E-state index is 11.4. The summed E-state index contributed by atoms with van der Waals surface area (Å²) in [5, 5.41) is 9.54. The van der Waals surface area contributed by atoms with Crippen LogP contribution in [0.25, 0.3) is 0 Å². The van der Waals surface area contributed by atoms with Gasteiger partial charge in [0.1, 0.15) is 6.23 Å². The zero-order valence-corrected chi connectivity index (χ0v) is 9.92. The molecule has 0 fully saturated rings. The molecule has 0 spiro atoms. The highest BCUT2D eigenvalue weighted by atomic mass is 16.5. The first kappa shape index (κ1) is 13.2. The number of methoxy groups -OCH3 is 1. The molecule has 1 amide bonds. The van der Waals surface area contributed by atoms with Gasteiger partial charge in [0.25, 0.3) is 0 Å². The zero-order chi connectivity index (χ0) is 12.1. The molecule has 5 heteroatoms. The second kappa shape index (κ2) is 5.98. The highest BCUT2D eigenvalue weighted by Crippen LogP contribution is 2.13. The Bertz CT molecular complexity index is 267. The van der Waals surface area contributed by atoms with Gasteiger partial charge in [0.15, 0.2) is 0 Å². The normalized spacial score (nSPS) is 23.9. The maximum Gasteiger partial charge on any atom is 0.249 e. The van der Waals surface area contributed by atoms with E-state index in [1.54, 1.807) is 7.11 Å². The average Bonchev–Trinajstić information content (AvgIpc) is 2.56. The molecule has 5 nitrogen and oxygen atoms in total. The van der Waals surface area contributed by atoms with Crippen molar-refractivity contribution in [3.05, 3.63) is 12.2 Å². The van der Waals surface area contributed by atoms with E-state index in [0.717, 1.165) is 0 Å². The monoisotopic (exact) mass is 229 g/mol. The van der Waals surface area contributed by atoms with Crippen molar-refractivity contribution in [2.75, 3.05) is 20.3 Å². The summed E-state index contributed by atoms with van der Waals surface area (Å²) < 4.78 is 10.4. The topological polar surface area (TPSA) is 59.0 Å². The molecule has 1 N–H and O–H groups in total. The lowest BCUT2D eigenvalue weighted by Crippen LogP contribution is -2.43. The van der Waals surface area contributed by atoms with Crippen LogP contribution in [0.3, 0.4) is 0 Å². The lowest BCUT2D eigenvalue weighted by atomic mass is 10.3. The molecule has 0 aromatic rings. The van der Waals surface area contributed by atoms with Crippen LogP contribution in [0.1, 0.15) is 13.8 Å². The first-order valence-electron chi connectivity index (χ1n) is 5.35. The predicted molar refractivity (Wildman–Crippen MR) is 58.7 cm³/mol. The molecular weight excluding hydrogens is 210 g/mol. The SMILES string of the molecule is COCC(C)OCC(C)N1C(=O)C=CC1O. The Kier molecular flexibility index (Phi) is 4.92. The minimum Gasteiger partial charge on any atom is -0.382 e. The van der Waals surface area contributed by atoms with Crippen molar-refractivity contribution in [1.29, 1.82) is 0 Å². The lowest BCUT2D eigenvalue weighted by Gasteiger charge is -2.28. The van der Waals surface area contributed by atoms with Gasteiger partial charge in [0.05, 0.1) is 25.4 Å². The van der Waals surface area contributed by atoms with Gasteiger partial charge in [0.2, 0.25) is 5.91 Å². The summed E-state index contributed by atoms with van der Waals surface area (Å²) in [5.74, 6) is -0.178. The molecule has 16 heavy (non-hydrogen) atoms. The number of aliphatic hydroxyl groups is 1. The fourth-order valence-electron chi connectivity index (χ4n) is 1.62. The molecule has 1 aliphatic heterocycles. The van der Waals surface area contributed by atoms with E-state index in [9.17, 15) is 9.90 Å². The minimum atomic E-state index is -0.830. The standard InChI is InChI=1S/C11H19NO4/c1-8(6-16-9(2)7-15-3)12-10(13)4-5-11(12)14/h4-5,8-10,13H,6-7H2,1-3H3. The zero-order valence-electron chi connectivity index (χ0n) is 9.92. The molecule has 0 saturated carbocycles. The van der Waals surface area contributed by atoms with E-state index in [4.69, 9.17) is 9.47 Å². The van der Waals surface area contributed by atoms with Crippen molar-refractivity contribution < 1.29 is 19.4 Å². The summed E-state index contributed by atoms with van der Waals surface area (Å²) in [6.07, 6.45) is 2.00. The quantitative estimate of drug-likeness (QED) is 0.704. The van der Waals surface area contributed by atoms with E-state index in [1.807, 2.05) is 13.8 Å². The smallest absolute Gasteiger partial charge is 0.249 e. The van der Waals surface area contributed by atoms with Crippen LogP contribution in [0.4, 0.5) is 0 Å². The van der Waals surface area contributed by atoms with E-state index in [-0.39, 0.29) is 18.1 Å². The molecule has 0 aliphatic carbocycles. The van der Waals surface area contributed by atoms with Crippen molar-refractivity contribution in [2.45, 2.75) is 32.2 Å². The van der Waals surface area contributed by atoms with E-state index in [1.165, 1.54) is 17.1 Å². The van der Waals surface area contributed by atoms with Crippen molar-refractivity contribution in [1.82, 2.24) is 4.90 Å². The molecule has 0 aromatic carbocycles. The lowest BCUT2D eigenvalue weighted by molar-refractivity contribution is -0.136. The Hall–Kier alpha value is -0.910. The van der Waals surface area contributed by atoms with E-state index in [2.05, 4.69) is 0 Å². The summed E-state index contributed by atoms with van der Waals surface area (Å²) in [7, 11) is 1.61. The third kappa shape index (κ3) is 3.30. The largest absolute Gasteiger partial charge is 0.382 e. The van der Waals surface area contributed by atoms with Crippen molar-refractivity contribution >= 4 is 5.91 Å². The Labute approximate surface area is 95.6 Å². The molecular formula is C11H19NO4. The fraction of sp³-hybridized carbons (Fsp3) is 0.727. The van der Waals surface area contributed by atoms with Gasteiger partial charge in [-0.05, 0) is 19.9 Å². The molecule has 1 rings (SSSR count). The molecule has 3 unspecified atom stereocenters. The molecule has 0 saturated heterocycles. The number of carbonyl (C=O) groups is 1. The van der Waals surface area contributed by atoms with E-state index < -0.39 is 6.23 Å². The number of amides is 1. The number of nitrogens with zero attached hydrogens (tertiary/aromatic N) is 1. The second-order valence-corrected chi connectivity index (χ2v) is 3.97. The Morgan fingerprint density at radius 2 is 2.19 bits per heavy atom. The predicted octanol–water partition coefficient (Wildman–Crippen LogP) is 0.143. The number of rotatable bonds is 6. The number of hydrogen-bond donors (Lipinski definition) is 1. The van der Waals surface area contributed by atoms with Gasteiger partial charge in [-0.25, -0.2) is 0 Å². The summed E-state index contributed by atoms with van der Waals surface area (Å²) in [6.45, 7) is 4.64. The van der Waals surface area contributed by atoms with Gasteiger partial charge in [-0.2, -0.15) is 0 Å². The van der Waals surface area contributed by atoms with Gasteiger partial charge in [-0.15, -0.1) is 0 Å². The number of ether oxygens (including phenoxy) is 2. The highest BCUT2D eigenvalue weighted by molar-refractivity contribution is 5.90. The second-order valence-electron chi connectivity index (χ2n) is 3.97. The Morgan fingerprint density at radius 3 is 2.69 bits per heavy atom. The number of carbonyl (C=O) groups excluding carboxylic acids is 1. The molecule has 1 heterocycles. The van der Waals surface area contributed by atoms with Gasteiger partial charge >= 0.3 is 0 Å². The minimum absolute atomic E-state index is 0.0183. The molecule has 0 bridgehead atoms. The first-order valence-corrected chi connectivity index (χ1v) is 5.35. The van der Waals surface area contributed by atoms with Crippen LogP contribution in [0.5, 0.6) is 0 Å². The highest BCUT2D eigenvalue weighted by Gasteiger charge is 2.28. The third-order valence-electron chi connectivity index (χ3n) is 2.45. The molecule has 1 aliphatic rings. The van der Waals surface area contributed by atoms with Crippen LogP contribution in [0, 0.1) is 0 Å². The van der Waals surface area contributed by atoms with Gasteiger partial charge in [-0.3, -0.25) is 4.79 Å². The van der Waals surface area contributed by atoms with E-state index >= 15 is 0 Å². The maximum atomic E-state index is 11.4. The van der Waals surface area contributed by atoms with Crippen molar-refractivity contribution in [3.8, 4) is 0 Å². The van der Waals surface area contributed by atoms with Crippen molar-refractivity contribution in [3.63, 3.8) is 0 Å². The van der Waals surface area contributed by atoms with Gasteiger partial charge in [-0.1, -0.05) is 0 Å². The summed E-state index contributed by atoms with van der Waals surface area (Å²) in [5.41, 5.74) is 0. The molecule has 3 atom stereocenters. The molecule has 0 radical (unpaired) electrons. The van der Waals surface area contributed by atoms with Crippen molar-refractivity contribution in [2.24, 2.45) is 0 Å². The van der Waals surface area contributed by atoms with Crippen LogP contribution in [0.15, 0.2) is 12.2 Å². The summed E-state index contributed by atoms with van der Waals surface area (Å²) >= 11 is 0. The van der Waals surface area contributed by atoms with Crippen LogP contribution in [0.2, 0.25) is 0 Å². The third-order valence-corrected chi connectivity index (χ3v) is 2.45. The van der Waals surface area contributed by atoms with Crippen LogP contribution in [-0.2, 0) is 14.3 Å². The first-order chi connectivity index (χ1) is 7.56. The molecule has 0 aromatic heterocycles. The number of hydrogen-bond acceptors (Lipinski definition) is 4. The fourth-order valence-corrected chi connectivity index (χ4v) is 1.62. The number of aliphatic hydroxyl groups excluding tert-OH is 1. The van der Waals surface area contributed by atoms with Crippen LogP contribution in [-0.4, -0.2) is 54.6 Å². The van der Waals surface area contributed by atoms with Gasteiger partial charge in [0, 0.05) is 13.2 Å². The van der Waals surface area contributed by atoms with Gasteiger partial charge < -0.3 is 19.5 Å². The summed E-state index contributed by atoms with van der Waals surface area (Å²) in [6, 6.07) is -0.156. The molecule has 92 valence electrons. The average molecular weight is 229 g/mol. The van der Waals surface area contributed by atoms with E-state index in [0.29, 0.717) is 13.2 Å².